The summed E-state index contributed by atoms with van der Waals surface area (Å²) in [6.07, 6.45) is 0.237. The van der Waals surface area contributed by atoms with Crippen LogP contribution in [-0.2, 0) is 11.2 Å². The molecule has 4 heteroatoms. The Morgan fingerprint density at radius 1 is 1.31 bits per heavy atom. The van der Waals surface area contributed by atoms with Crippen molar-refractivity contribution in [3.8, 4) is 0 Å². The molecule has 1 unspecified atom stereocenters. The van der Waals surface area contributed by atoms with Gasteiger partial charge in [0.05, 0.1) is 0 Å². The summed E-state index contributed by atoms with van der Waals surface area (Å²) in [6.45, 7) is 2.95. The fraction of sp³-hybridized carbons (Fsp3) is 0.333. The molecule has 0 radical (unpaired) electrons. The molecule has 0 bridgehead atoms. The summed E-state index contributed by atoms with van der Waals surface area (Å²) in [5.41, 5.74) is 5.76. The third-order valence-corrected chi connectivity index (χ3v) is 2.42. The molecule has 0 spiro atoms. The largest absolute Gasteiger partial charge is 0.480 e. The minimum absolute atomic E-state index is 0.0136. The molecule has 0 amide bonds. The molecule has 3 N–H and O–H groups in total. The van der Waals surface area contributed by atoms with E-state index in [0.717, 1.165) is 5.56 Å². The smallest absolute Gasteiger partial charge is 0.323 e. The van der Waals surface area contributed by atoms with Gasteiger partial charge in [0, 0.05) is 12.0 Å². The van der Waals surface area contributed by atoms with Crippen LogP contribution in [0.4, 0.5) is 0 Å². The van der Waals surface area contributed by atoms with Gasteiger partial charge in [-0.1, -0.05) is 24.3 Å². The molecule has 0 heterocycles. The Kier molecular flexibility index (Phi) is 3.44. The van der Waals surface area contributed by atoms with Crippen molar-refractivity contribution in [1.82, 2.24) is 0 Å². The number of carbonyl (C=O) groups is 2. The molecule has 0 aliphatic heterocycles. The van der Waals surface area contributed by atoms with Gasteiger partial charge >= 0.3 is 5.97 Å². The van der Waals surface area contributed by atoms with Gasteiger partial charge in [-0.15, -0.1) is 0 Å². The highest BCUT2D eigenvalue weighted by molar-refractivity contribution is 5.94. The summed E-state index contributed by atoms with van der Waals surface area (Å²) >= 11 is 0. The van der Waals surface area contributed by atoms with E-state index in [1.54, 1.807) is 24.3 Å². The molecule has 16 heavy (non-hydrogen) atoms. The number of benzene rings is 1. The van der Waals surface area contributed by atoms with Crippen molar-refractivity contribution < 1.29 is 14.7 Å². The summed E-state index contributed by atoms with van der Waals surface area (Å²) in [7, 11) is 0. The first-order valence-corrected chi connectivity index (χ1v) is 4.95. The summed E-state index contributed by atoms with van der Waals surface area (Å²) in [5, 5.41) is 8.87. The molecule has 1 aromatic rings. The van der Waals surface area contributed by atoms with Crippen LogP contribution in [0.25, 0.3) is 0 Å². The van der Waals surface area contributed by atoms with Crippen molar-refractivity contribution in [1.29, 1.82) is 0 Å². The summed E-state index contributed by atoms with van der Waals surface area (Å²) in [4.78, 5) is 21.9. The van der Waals surface area contributed by atoms with Crippen molar-refractivity contribution >= 4 is 11.8 Å². The normalized spacial score (nSPS) is 14.2. The quantitative estimate of drug-likeness (QED) is 0.749. The van der Waals surface area contributed by atoms with Crippen LogP contribution in [0.5, 0.6) is 0 Å². The Morgan fingerprint density at radius 2 is 1.81 bits per heavy atom. The van der Waals surface area contributed by atoms with E-state index in [9.17, 15) is 9.59 Å². The lowest BCUT2D eigenvalue weighted by molar-refractivity contribution is -0.142. The van der Waals surface area contributed by atoms with Crippen LogP contribution in [0.3, 0.4) is 0 Å². The lowest BCUT2D eigenvalue weighted by atomic mass is 9.93. The SMILES string of the molecule is CC(=O)c1ccc(CC(C)(N)C(=O)O)cc1. The molecule has 1 rings (SSSR count). The Bertz CT molecular complexity index is 407. The van der Waals surface area contributed by atoms with Gasteiger partial charge in [-0.05, 0) is 19.4 Å². The van der Waals surface area contributed by atoms with Crippen molar-refractivity contribution in [3.63, 3.8) is 0 Å². The van der Waals surface area contributed by atoms with Crippen LogP contribution in [0.1, 0.15) is 29.8 Å². The van der Waals surface area contributed by atoms with Gasteiger partial charge in [0.1, 0.15) is 5.54 Å². The topological polar surface area (TPSA) is 80.4 Å². The molecule has 0 aliphatic rings. The zero-order chi connectivity index (χ0) is 12.3. The van der Waals surface area contributed by atoms with Gasteiger partial charge < -0.3 is 10.8 Å². The first-order chi connectivity index (χ1) is 7.33. The second kappa shape index (κ2) is 4.45. The molecule has 0 aliphatic carbocycles. The van der Waals surface area contributed by atoms with Crippen molar-refractivity contribution in [2.24, 2.45) is 5.73 Å². The van der Waals surface area contributed by atoms with Gasteiger partial charge in [-0.25, -0.2) is 0 Å². The monoisotopic (exact) mass is 221 g/mol. The maximum Gasteiger partial charge on any atom is 0.323 e. The molecular formula is C12H15NO3. The highest BCUT2D eigenvalue weighted by Crippen LogP contribution is 2.12. The molecule has 0 aromatic heterocycles. The second-order valence-electron chi connectivity index (χ2n) is 4.15. The second-order valence-corrected chi connectivity index (χ2v) is 4.15. The lowest BCUT2D eigenvalue weighted by Gasteiger charge is -2.18. The third-order valence-electron chi connectivity index (χ3n) is 2.42. The molecule has 1 atom stereocenters. The average molecular weight is 221 g/mol. The maximum absolute atomic E-state index is 11.0. The molecule has 0 fully saturated rings. The van der Waals surface area contributed by atoms with Crippen LogP contribution < -0.4 is 5.73 Å². The average Bonchev–Trinajstić information content (AvgIpc) is 2.17. The summed E-state index contributed by atoms with van der Waals surface area (Å²) in [5.74, 6) is -1.05. The highest BCUT2D eigenvalue weighted by atomic mass is 16.4. The maximum atomic E-state index is 11.0. The first-order valence-electron chi connectivity index (χ1n) is 4.95. The number of carboxylic acids is 1. The van der Waals surface area contributed by atoms with Crippen LogP contribution in [-0.4, -0.2) is 22.4 Å². The van der Waals surface area contributed by atoms with Gasteiger partial charge in [0.2, 0.25) is 0 Å². The van der Waals surface area contributed by atoms with E-state index in [0.29, 0.717) is 5.56 Å². The number of carboxylic acid groups (broad SMARTS) is 1. The van der Waals surface area contributed by atoms with Gasteiger partial charge in [0.15, 0.2) is 5.78 Å². The number of carbonyl (C=O) groups excluding carboxylic acids is 1. The van der Waals surface area contributed by atoms with Gasteiger partial charge in [-0.3, -0.25) is 9.59 Å². The summed E-state index contributed by atoms with van der Waals surface area (Å²) in [6, 6.07) is 6.81. The Labute approximate surface area is 94.1 Å². The molecule has 1 aromatic carbocycles. The van der Waals surface area contributed by atoms with Gasteiger partial charge in [-0.2, -0.15) is 0 Å². The standard InChI is InChI=1S/C12H15NO3/c1-8(14)10-5-3-9(4-6-10)7-12(2,13)11(15)16/h3-6H,7,13H2,1-2H3,(H,15,16). The number of rotatable bonds is 4. The number of nitrogens with two attached hydrogens (primary N) is 1. The van der Waals surface area contributed by atoms with Crippen LogP contribution in [0.15, 0.2) is 24.3 Å². The zero-order valence-corrected chi connectivity index (χ0v) is 9.36. The van der Waals surface area contributed by atoms with E-state index in [1.807, 2.05) is 0 Å². The van der Waals surface area contributed by atoms with Crippen molar-refractivity contribution in [3.05, 3.63) is 35.4 Å². The molecule has 0 saturated carbocycles. The number of Topliss-reactive ketones (excluding diaryl/α,β-unsaturated/α-hetero) is 1. The van der Waals surface area contributed by atoms with E-state index in [2.05, 4.69) is 0 Å². The van der Waals surface area contributed by atoms with E-state index < -0.39 is 11.5 Å². The Hall–Kier alpha value is -1.68. The molecule has 4 nitrogen and oxygen atoms in total. The number of hydrogen-bond acceptors (Lipinski definition) is 3. The van der Waals surface area contributed by atoms with E-state index in [-0.39, 0.29) is 12.2 Å². The van der Waals surface area contributed by atoms with Crippen LogP contribution >= 0.6 is 0 Å². The Balaban J connectivity index is 2.84. The predicted octanol–water partition coefficient (Wildman–Crippen LogP) is 1.23. The van der Waals surface area contributed by atoms with E-state index in [4.69, 9.17) is 10.8 Å². The van der Waals surface area contributed by atoms with Gasteiger partial charge in [0.25, 0.3) is 0 Å². The molecule has 86 valence electrons. The van der Waals surface area contributed by atoms with Crippen molar-refractivity contribution in [2.75, 3.05) is 0 Å². The molecule has 0 saturated heterocycles. The first kappa shape index (κ1) is 12.4. The highest BCUT2D eigenvalue weighted by Gasteiger charge is 2.27. The van der Waals surface area contributed by atoms with Crippen LogP contribution in [0.2, 0.25) is 0 Å². The predicted molar refractivity (Wildman–Crippen MR) is 60.4 cm³/mol. The van der Waals surface area contributed by atoms with E-state index >= 15 is 0 Å². The fourth-order valence-corrected chi connectivity index (χ4v) is 1.36. The fourth-order valence-electron chi connectivity index (χ4n) is 1.36. The number of hydrogen-bond donors (Lipinski definition) is 2. The number of ketones is 1. The lowest BCUT2D eigenvalue weighted by Crippen LogP contribution is -2.46. The van der Waals surface area contributed by atoms with E-state index in [1.165, 1.54) is 13.8 Å². The van der Waals surface area contributed by atoms with Crippen molar-refractivity contribution in [2.45, 2.75) is 25.8 Å². The third kappa shape index (κ3) is 2.90. The minimum Gasteiger partial charge on any atom is -0.480 e. The van der Waals surface area contributed by atoms with Crippen LogP contribution in [0, 0.1) is 0 Å². The zero-order valence-electron chi connectivity index (χ0n) is 9.36. The Morgan fingerprint density at radius 3 is 2.19 bits per heavy atom. The summed E-state index contributed by atoms with van der Waals surface area (Å²) < 4.78 is 0. The minimum atomic E-state index is -1.28. The molecular weight excluding hydrogens is 206 g/mol. The number of aliphatic carboxylic acids is 1.